The van der Waals surface area contributed by atoms with Crippen LogP contribution in [-0.4, -0.2) is 57.3 Å². The smallest absolute Gasteiger partial charge is 0.333 e. The number of aliphatic hydroxyl groups is 1. The molecule has 4 aliphatic rings. The first-order valence-electron chi connectivity index (χ1n) is 13.6. The van der Waals surface area contributed by atoms with Gasteiger partial charge in [-0.05, 0) is 62.0 Å². The van der Waals surface area contributed by atoms with Gasteiger partial charge in [-0.15, -0.1) is 0 Å². The lowest BCUT2D eigenvalue weighted by molar-refractivity contribution is -0.240. The van der Waals surface area contributed by atoms with Gasteiger partial charge in [0, 0.05) is 17.8 Å². The van der Waals surface area contributed by atoms with E-state index in [1.54, 1.807) is 12.1 Å². The minimum absolute atomic E-state index is 0.00406. The minimum atomic E-state index is -4.10. The molecule has 1 aliphatic heterocycles. The third-order valence-corrected chi connectivity index (χ3v) is 11.3. The summed E-state index contributed by atoms with van der Waals surface area (Å²) in [6.07, 6.45) is 3.49. The number of carbonyl (C=O) groups is 1. The third-order valence-electron chi connectivity index (χ3n) is 10.0. The molecule has 206 valence electrons. The van der Waals surface area contributed by atoms with Crippen LogP contribution in [0.25, 0.3) is 0 Å². The molecular weight excluding hydrogens is 496 g/mol. The molecule has 1 aromatic carbocycles. The first kappa shape index (κ1) is 27.1. The SMILES string of the molecule is CC[C@H]1C[C@H](OC(=O)COS(=O)(=O)c2ccc(C)cc2)[C@]2(C)[C@H](C)C[C@]3(CCC4(OCCO4)[C@H]32)C[C@H]1O. The summed E-state index contributed by atoms with van der Waals surface area (Å²) < 4.78 is 49.1. The molecule has 3 saturated carbocycles. The molecule has 1 aromatic rings. The summed E-state index contributed by atoms with van der Waals surface area (Å²) in [5, 5.41) is 11.3. The zero-order valence-electron chi connectivity index (χ0n) is 22.3. The van der Waals surface area contributed by atoms with Crippen LogP contribution in [0, 0.1) is 35.5 Å². The number of esters is 1. The number of aryl methyl sites for hydroxylation is 1. The van der Waals surface area contributed by atoms with Gasteiger partial charge in [-0.25, -0.2) is 4.79 Å². The predicted octanol–water partition coefficient (Wildman–Crippen LogP) is 3.98. The Bertz CT molecular complexity index is 1110. The molecule has 1 spiro atoms. The Balaban J connectivity index is 1.41. The van der Waals surface area contributed by atoms with E-state index < -0.39 is 46.1 Å². The van der Waals surface area contributed by atoms with Crippen LogP contribution in [0.1, 0.15) is 64.9 Å². The van der Waals surface area contributed by atoms with Crippen LogP contribution in [0.15, 0.2) is 29.2 Å². The van der Waals surface area contributed by atoms with Crippen LogP contribution in [0.5, 0.6) is 0 Å². The lowest BCUT2D eigenvalue weighted by Gasteiger charge is -2.51. The number of aliphatic hydroxyl groups excluding tert-OH is 1. The number of hydrogen-bond donors (Lipinski definition) is 1. The van der Waals surface area contributed by atoms with Gasteiger partial charge in [0.05, 0.1) is 24.2 Å². The van der Waals surface area contributed by atoms with Crippen LogP contribution >= 0.6 is 0 Å². The molecule has 4 fully saturated rings. The lowest BCUT2D eigenvalue weighted by Crippen LogP contribution is -2.55. The van der Waals surface area contributed by atoms with E-state index in [1.165, 1.54) is 12.1 Å². The Morgan fingerprint density at radius 1 is 1.14 bits per heavy atom. The van der Waals surface area contributed by atoms with Gasteiger partial charge >= 0.3 is 5.97 Å². The van der Waals surface area contributed by atoms with Crippen LogP contribution in [0.4, 0.5) is 0 Å². The number of ether oxygens (including phenoxy) is 3. The molecule has 0 unspecified atom stereocenters. The van der Waals surface area contributed by atoms with Crippen molar-refractivity contribution in [2.75, 3.05) is 19.8 Å². The molecule has 3 aliphatic carbocycles. The maximum Gasteiger partial charge on any atom is 0.333 e. The average molecular weight is 537 g/mol. The molecule has 7 atom stereocenters. The Morgan fingerprint density at radius 2 is 1.81 bits per heavy atom. The zero-order chi connectivity index (χ0) is 26.6. The highest BCUT2D eigenvalue weighted by molar-refractivity contribution is 7.86. The van der Waals surface area contributed by atoms with E-state index in [2.05, 4.69) is 13.8 Å². The van der Waals surface area contributed by atoms with E-state index in [0.717, 1.165) is 31.2 Å². The monoisotopic (exact) mass is 536 g/mol. The van der Waals surface area contributed by atoms with E-state index in [4.69, 9.17) is 18.4 Å². The van der Waals surface area contributed by atoms with Crippen molar-refractivity contribution in [3.05, 3.63) is 29.8 Å². The van der Waals surface area contributed by atoms with Crippen LogP contribution in [0.3, 0.4) is 0 Å². The lowest BCUT2D eigenvalue weighted by atomic mass is 9.60. The molecular formula is C28H40O8S. The second kappa shape index (κ2) is 9.59. The van der Waals surface area contributed by atoms with E-state index in [-0.39, 0.29) is 28.1 Å². The topological polar surface area (TPSA) is 108 Å². The molecule has 1 N–H and O–H groups in total. The van der Waals surface area contributed by atoms with Gasteiger partial charge in [0.2, 0.25) is 0 Å². The molecule has 0 amide bonds. The van der Waals surface area contributed by atoms with E-state index in [0.29, 0.717) is 26.1 Å². The molecule has 0 radical (unpaired) electrons. The maximum atomic E-state index is 13.1. The van der Waals surface area contributed by atoms with E-state index >= 15 is 0 Å². The Labute approximate surface area is 220 Å². The van der Waals surface area contributed by atoms with Gasteiger partial charge in [-0.1, -0.05) is 44.9 Å². The largest absolute Gasteiger partial charge is 0.460 e. The van der Waals surface area contributed by atoms with Gasteiger partial charge in [0.15, 0.2) is 12.4 Å². The molecule has 9 heteroatoms. The first-order valence-corrected chi connectivity index (χ1v) is 15.0. The van der Waals surface area contributed by atoms with Gasteiger partial charge in [-0.3, -0.25) is 4.18 Å². The highest BCUT2D eigenvalue weighted by Crippen LogP contribution is 2.73. The molecule has 1 saturated heterocycles. The van der Waals surface area contributed by atoms with E-state index in [1.807, 2.05) is 13.8 Å². The zero-order valence-corrected chi connectivity index (χ0v) is 23.1. The first-order chi connectivity index (χ1) is 17.5. The second-order valence-electron chi connectivity index (χ2n) is 12.0. The van der Waals surface area contributed by atoms with Crippen molar-refractivity contribution in [3.8, 4) is 0 Å². The molecule has 37 heavy (non-hydrogen) atoms. The fourth-order valence-electron chi connectivity index (χ4n) is 8.21. The van der Waals surface area contributed by atoms with E-state index in [9.17, 15) is 18.3 Å². The van der Waals surface area contributed by atoms with Crippen molar-refractivity contribution < 1.29 is 36.7 Å². The molecule has 1 heterocycles. The number of rotatable bonds is 6. The fourth-order valence-corrected chi connectivity index (χ4v) is 9.07. The van der Waals surface area contributed by atoms with Crippen molar-refractivity contribution in [1.29, 1.82) is 0 Å². The normalized spacial score (nSPS) is 38.8. The Kier molecular flexibility index (Phi) is 7.01. The predicted molar refractivity (Wildman–Crippen MR) is 135 cm³/mol. The third kappa shape index (κ3) is 4.44. The molecule has 5 rings (SSSR count). The standard InChI is InChI=1S/C28H40O8S/c1-5-20-14-23(36-24(30)17-35-37(31,32)21-8-6-18(2)7-9-21)26(4)19(3)15-27(16-22(20)29)10-11-28(25(26)27)33-12-13-34-28/h6-9,19-20,22-23,25,29H,5,10-17H2,1-4H3/t19-,20+,22-,23+,25+,26+,27-/m1/s1. The summed E-state index contributed by atoms with van der Waals surface area (Å²) in [6, 6.07) is 6.27. The quantitative estimate of drug-likeness (QED) is 0.430. The summed E-state index contributed by atoms with van der Waals surface area (Å²) in [5.41, 5.74) is 0.312. The van der Waals surface area contributed by atoms with Gasteiger partial charge in [0.1, 0.15) is 6.10 Å². The summed E-state index contributed by atoms with van der Waals surface area (Å²) >= 11 is 0. The van der Waals surface area contributed by atoms with Crippen molar-refractivity contribution in [2.45, 2.75) is 89.1 Å². The van der Waals surface area contributed by atoms with Crippen molar-refractivity contribution in [3.63, 3.8) is 0 Å². The maximum absolute atomic E-state index is 13.1. The number of hydrogen-bond acceptors (Lipinski definition) is 8. The summed E-state index contributed by atoms with van der Waals surface area (Å²) in [5.74, 6) is -1.32. The minimum Gasteiger partial charge on any atom is -0.460 e. The van der Waals surface area contributed by atoms with Crippen LogP contribution < -0.4 is 0 Å². The van der Waals surface area contributed by atoms with Gasteiger partial charge in [0.25, 0.3) is 10.1 Å². The van der Waals surface area contributed by atoms with Gasteiger partial charge < -0.3 is 19.3 Å². The second-order valence-corrected chi connectivity index (χ2v) is 13.6. The summed E-state index contributed by atoms with van der Waals surface area (Å²) in [7, 11) is -4.10. The van der Waals surface area contributed by atoms with Crippen LogP contribution in [-0.2, 0) is 33.3 Å². The van der Waals surface area contributed by atoms with Crippen molar-refractivity contribution in [1.82, 2.24) is 0 Å². The molecule has 2 bridgehead atoms. The van der Waals surface area contributed by atoms with Gasteiger partial charge in [-0.2, -0.15) is 8.42 Å². The number of carbonyl (C=O) groups excluding carboxylic acids is 1. The van der Waals surface area contributed by atoms with Crippen LogP contribution in [0.2, 0.25) is 0 Å². The highest BCUT2D eigenvalue weighted by Gasteiger charge is 2.74. The van der Waals surface area contributed by atoms with Crippen molar-refractivity contribution in [2.24, 2.45) is 28.6 Å². The molecule has 0 aromatic heterocycles. The Morgan fingerprint density at radius 3 is 2.46 bits per heavy atom. The average Bonchev–Trinajstić information content (AvgIpc) is 3.50. The fraction of sp³-hybridized carbons (Fsp3) is 0.750. The molecule has 8 nitrogen and oxygen atoms in total. The van der Waals surface area contributed by atoms with Crippen molar-refractivity contribution >= 4 is 16.1 Å². The summed E-state index contributed by atoms with van der Waals surface area (Å²) in [4.78, 5) is 13.1. The summed E-state index contributed by atoms with van der Waals surface area (Å²) in [6.45, 7) is 8.64. The Hall–Kier alpha value is -1.52. The number of benzene rings is 1. The highest BCUT2D eigenvalue weighted by atomic mass is 32.2.